The van der Waals surface area contributed by atoms with Crippen LogP contribution in [-0.4, -0.2) is 25.7 Å². The van der Waals surface area contributed by atoms with Crippen LogP contribution >= 0.6 is 22.7 Å². The van der Waals surface area contributed by atoms with Crippen LogP contribution < -0.4 is 0 Å². The molecule has 0 amide bonds. The predicted octanol–water partition coefficient (Wildman–Crippen LogP) is 4.43. The van der Waals surface area contributed by atoms with Crippen LogP contribution in [0, 0.1) is 13.8 Å². The first-order valence-corrected chi connectivity index (χ1v) is 10.1. The molecule has 4 aromatic rings. The number of ether oxygens (including phenoxy) is 1. The number of thiophene rings is 1. The molecule has 4 heterocycles. The summed E-state index contributed by atoms with van der Waals surface area (Å²) < 4.78 is 7.11. The van der Waals surface area contributed by atoms with Crippen LogP contribution in [0.2, 0.25) is 0 Å². The third-order valence-corrected chi connectivity index (χ3v) is 5.50. The second-order valence-electron chi connectivity index (χ2n) is 5.98. The maximum absolute atomic E-state index is 12.3. The highest BCUT2D eigenvalue weighted by atomic mass is 32.1. The van der Waals surface area contributed by atoms with E-state index < -0.39 is 5.97 Å². The van der Waals surface area contributed by atoms with Crippen molar-refractivity contribution >= 4 is 28.6 Å². The first-order valence-electron chi connectivity index (χ1n) is 8.24. The van der Waals surface area contributed by atoms with Gasteiger partial charge in [0.1, 0.15) is 11.6 Å². The van der Waals surface area contributed by atoms with E-state index in [-0.39, 0.29) is 6.61 Å². The molecule has 4 rings (SSSR count). The number of aryl methyl sites for hydroxylation is 2. The Bertz CT molecular complexity index is 1070. The van der Waals surface area contributed by atoms with Crippen LogP contribution in [-0.2, 0) is 11.3 Å². The van der Waals surface area contributed by atoms with Crippen molar-refractivity contribution in [2.24, 2.45) is 0 Å². The van der Waals surface area contributed by atoms with Crippen molar-refractivity contribution in [3.63, 3.8) is 0 Å². The number of hydrogen-bond acceptors (Lipinski definition) is 7. The molecule has 0 saturated heterocycles. The van der Waals surface area contributed by atoms with Gasteiger partial charge >= 0.3 is 5.97 Å². The molecule has 0 fully saturated rings. The summed E-state index contributed by atoms with van der Waals surface area (Å²) in [5.74, 6) is 0.240. The van der Waals surface area contributed by atoms with Crippen molar-refractivity contribution in [1.82, 2.24) is 19.7 Å². The minimum atomic E-state index is -0.424. The predicted molar refractivity (Wildman–Crippen MR) is 105 cm³/mol. The van der Waals surface area contributed by atoms with E-state index in [0.29, 0.717) is 11.4 Å². The van der Waals surface area contributed by atoms with Gasteiger partial charge in [0.2, 0.25) is 0 Å². The molecule has 4 aromatic heterocycles. The molecular formula is C19H16N4O2S2. The van der Waals surface area contributed by atoms with Gasteiger partial charge in [-0.25, -0.2) is 19.4 Å². The topological polar surface area (TPSA) is 69.9 Å². The van der Waals surface area contributed by atoms with Gasteiger partial charge in [-0.05, 0) is 43.5 Å². The van der Waals surface area contributed by atoms with Gasteiger partial charge in [0.15, 0.2) is 5.82 Å². The Kier molecular flexibility index (Phi) is 4.83. The number of esters is 1. The molecule has 0 radical (unpaired) electrons. The van der Waals surface area contributed by atoms with Gasteiger partial charge in [-0.3, -0.25) is 0 Å². The lowest BCUT2D eigenvalue weighted by atomic mass is 10.3. The fourth-order valence-electron chi connectivity index (χ4n) is 2.61. The minimum absolute atomic E-state index is 0.138. The molecule has 0 bridgehead atoms. The number of thiazole rings is 1. The summed E-state index contributed by atoms with van der Waals surface area (Å²) in [5.41, 5.74) is 4.13. The van der Waals surface area contributed by atoms with Crippen LogP contribution in [0.4, 0.5) is 0 Å². The SMILES string of the molecule is Cc1cc(C)n(-c2ccc(C(=O)OCc3csc(-c4ccsc4)n3)cn2)n1. The number of pyridine rings is 1. The summed E-state index contributed by atoms with van der Waals surface area (Å²) in [6, 6.07) is 7.45. The molecule has 136 valence electrons. The zero-order valence-corrected chi connectivity index (χ0v) is 16.4. The molecule has 0 N–H and O–H groups in total. The molecule has 0 aromatic carbocycles. The van der Waals surface area contributed by atoms with Crippen molar-refractivity contribution in [1.29, 1.82) is 0 Å². The van der Waals surface area contributed by atoms with Gasteiger partial charge in [0, 0.05) is 28.2 Å². The number of carbonyl (C=O) groups excluding carboxylic acids is 1. The molecule has 0 saturated carbocycles. The molecule has 0 aliphatic carbocycles. The standard InChI is InChI=1S/C19H16N4O2S2/c1-12-7-13(2)23(22-12)17-4-3-14(8-20-17)19(24)25-9-16-11-27-18(21-16)15-5-6-26-10-15/h3-8,10-11H,9H2,1-2H3. The second kappa shape index (κ2) is 7.42. The summed E-state index contributed by atoms with van der Waals surface area (Å²) in [7, 11) is 0. The number of hydrogen-bond donors (Lipinski definition) is 0. The summed E-state index contributed by atoms with van der Waals surface area (Å²) in [5, 5.41) is 11.3. The van der Waals surface area contributed by atoms with E-state index in [0.717, 1.165) is 27.7 Å². The maximum Gasteiger partial charge on any atom is 0.340 e. The molecule has 6 nitrogen and oxygen atoms in total. The maximum atomic E-state index is 12.3. The highest BCUT2D eigenvalue weighted by Crippen LogP contribution is 2.26. The minimum Gasteiger partial charge on any atom is -0.456 e. The van der Waals surface area contributed by atoms with Crippen LogP contribution in [0.5, 0.6) is 0 Å². The second-order valence-corrected chi connectivity index (χ2v) is 7.61. The lowest BCUT2D eigenvalue weighted by molar-refractivity contribution is 0.0468. The Balaban J connectivity index is 1.40. The fourth-order valence-corrected chi connectivity index (χ4v) is 4.12. The lowest BCUT2D eigenvalue weighted by Crippen LogP contribution is -2.08. The molecule has 0 unspecified atom stereocenters. The number of carbonyl (C=O) groups is 1. The van der Waals surface area contributed by atoms with E-state index in [1.54, 1.807) is 28.2 Å². The number of aromatic nitrogens is 4. The fraction of sp³-hybridized carbons (Fsp3) is 0.158. The first kappa shape index (κ1) is 17.6. The molecule has 0 atom stereocenters. The molecule has 8 heteroatoms. The summed E-state index contributed by atoms with van der Waals surface area (Å²) in [4.78, 5) is 21.1. The Hall–Kier alpha value is -2.84. The molecular weight excluding hydrogens is 380 g/mol. The van der Waals surface area contributed by atoms with Gasteiger partial charge in [-0.15, -0.1) is 11.3 Å². The smallest absolute Gasteiger partial charge is 0.340 e. The summed E-state index contributed by atoms with van der Waals surface area (Å²) in [6.07, 6.45) is 1.51. The third kappa shape index (κ3) is 3.81. The van der Waals surface area contributed by atoms with E-state index in [1.807, 2.05) is 42.1 Å². The summed E-state index contributed by atoms with van der Waals surface area (Å²) >= 11 is 3.17. The highest BCUT2D eigenvalue weighted by Gasteiger charge is 2.12. The van der Waals surface area contributed by atoms with E-state index in [9.17, 15) is 4.79 Å². The van der Waals surface area contributed by atoms with E-state index >= 15 is 0 Å². The molecule has 0 spiro atoms. The quantitative estimate of drug-likeness (QED) is 0.467. The average molecular weight is 396 g/mol. The zero-order chi connectivity index (χ0) is 18.8. The average Bonchev–Trinajstić information content (AvgIpc) is 3.40. The Morgan fingerprint density at radius 3 is 2.78 bits per heavy atom. The zero-order valence-electron chi connectivity index (χ0n) is 14.7. The molecule has 0 aliphatic heterocycles. The Morgan fingerprint density at radius 2 is 2.11 bits per heavy atom. The molecule has 27 heavy (non-hydrogen) atoms. The Morgan fingerprint density at radius 1 is 1.22 bits per heavy atom. The van der Waals surface area contributed by atoms with Gasteiger partial charge in [-0.2, -0.15) is 16.4 Å². The van der Waals surface area contributed by atoms with Crippen LogP contribution in [0.3, 0.4) is 0 Å². The van der Waals surface area contributed by atoms with Crippen LogP contribution in [0.25, 0.3) is 16.4 Å². The van der Waals surface area contributed by atoms with Crippen molar-refractivity contribution in [3.8, 4) is 16.4 Å². The molecule has 0 aliphatic rings. The number of rotatable bonds is 5. The van der Waals surface area contributed by atoms with E-state index in [2.05, 4.69) is 15.1 Å². The van der Waals surface area contributed by atoms with Gasteiger partial charge in [-0.1, -0.05) is 0 Å². The largest absolute Gasteiger partial charge is 0.456 e. The van der Waals surface area contributed by atoms with Crippen LogP contribution in [0.1, 0.15) is 27.4 Å². The van der Waals surface area contributed by atoms with Crippen LogP contribution in [0.15, 0.2) is 46.6 Å². The van der Waals surface area contributed by atoms with E-state index in [1.165, 1.54) is 17.5 Å². The van der Waals surface area contributed by atoms with Crippen molar-refractivity contribution in [3.05, 3.63) is 69.2 Å². The van der Waals surface area contributed by atoms with Crippen molar-refractivity contribution in [2.75, 3.05) is 0 Å². The lowest BCUT2D eigenvalue weighted by Gasteiger charge is -2.05. The van der Waals surface area contributed by atoms with Crippen molar-refractivity contribution < 1.29 is 9.53 Å². The number of nitrogens with zero attached hydrogens (tertiary/aromatic N) is 4. The van der Waals surface area contributed by atoms with Gasteiger partial charge in [0.05, 0.1) is 17.0 Å². The third-order valence-electron chi connectivity index (χ3n) is 3.88. The Labute approximate surface area is 164 Å². The van der Waals surface area contributed by atoms with Crippen molar-refractivity contribution in [2.45, 2.75) is 20.5 Å². The normalized spacial score (nSPS) is 10.9. The van der Waals surface area contributed by atoms with Gasteiger partial charge < -0.3 is 4.74 Å². The van der Waals surface area contributed by atoms with Gasteiger partial charge in [0.25, 0.3) is 0 Å². The van der Waals surface area contributed by atoms with E-state index in [4.69, 9.17) is 4.74 Å². The summed E-state index contributed by atoms with van der Waals surface area (Å²) in [6.45, 7) is 4.03. The first-order chi connectivity index (χ1) is 13.1. The highest BCUT2D eigenvalue weighted by molar-refractivity contribution is 7.14. The monoisotopic (exact) mass is 396 g/mol.